The number of nitrogens with one attached hydrogen (secondary N) is 2. The van der Waals surface area contributed by atoms with Crippen LogP contribution in [0.4, 0.5) is 16.2 Å². The summed E-state index contributed by atoms with van der Waals surface area (Å²) >= 11 is 7.69. The molecule has 1 saturated heterocycles. The average Bonchev–Trinajstić information content (AvgIpc) is 3.02. The Labute approximate surface area is 167 Å². The number of carbonyl (C=O) groups is 2. The standard InChI is InChI=1S/C20H20ClN3O2S/c1-12-5-4-6-14(9-12)22-18(26)24-11-19(2,3)27-20(24)15-10-13(21)7-8-16(15)23-17(20)25/h4-10H,11H2,1-3H3,(H,22,26)(H,23,25)/t20-/m1/s1. The molecule has 0 bridgehead atoms. The Morgan fingerprint density at radius 2 is 2.04 bits per heavy atom. The zero-order valence-corrected chi connectivity index (χ0v) is 16.9. The molecule has 140 valence electrons. The molecule has 2 N–H and O–H groups in total. The second kappa shape index (κ2) is 6.17. The van der Waals surface area contributed by atoms with Gasteiger partial charge >= 0.3 is 6.03 Å². The molecular weight excluding hydrogens is 382 g/mol. The van der Waals surface area contributed by atoms with Crippen molar-refractivity contribution in [2.24, 2.45) is 0 Å². The largest absolute Gasteiger partial charge is 0.323 e. The number of hydrogen-bond acceptors (Lipinski definition) is 3. The van der Waals surface area contributed by atoms with Gasteiger partial charge in [0.25, 0.3) is 5.91 Å². The summed E-state index contributed by atoms with van der Waals surface area (Å²) in [7, 11) is 0. The molecule has 2 aromatic rings. The van der Waals surface area contributed by atoms with E-state index in [1.165, 1.54) is 11.8 Å². The summed E-state index contributed by atoms with van der Waals surface area (Å²) in [5, 5.41) is 6.39. The molecule has 1 atom stereocenters. The monoisotopic (exact) mass is 401 g/mol. The third-order valence-electron chi connectivity index (χ3n) is 4.76. The fraction of sp³-hybridized carbons (Fsp3) is 0.300. The van der Waals surface area contributed by atoms with Crippen LogP contribution in [0, 0.1) is 6.92 Å². The Morgan fingerprint density at radius 3 is 2.78 bits per heavy atom. The van der Waals surface area contributed by atoms with E-state index in [4.69, 9.17) is 11.6 Å². The normalized spacial score (nSPS) is 22.7. The van der Waals surface area contributed by atoms with Crippen LogP contribution in [0.15, 0.2) is 42.5 Å². The van der Waals surface area contributed by atoms with Gasteiger partial charge in [-0.25, -0.2) is 4.79 Å². The molecule has 0 aliphatic carbocycles. The Morgan fingerprint density at radius 1 is 1.26 bits per heavy atom. The van der Waals surface area contributed by atoms with Crippen molar-refractivity contribution in [3.63, 3.8) is 0 Å². The number of rotatable bonds is 1. The number of hydrogen-bond donors (Lipinski definition) is 2. The van der Waals surface area contributed by atoms with Crippen LogP contribution in [-0.4, -0.2) is 28.1 Å². The van der Waals surface area contributed by atoms with Gasteiger partial charge in [-0.3, -0.25) is 9.69 Å². The van der Waals surface area contributed by atoms with E-state index in [2.05, 4.69) is 10.6 Å². The van der Waals surface area contributed by atoms with Crippen molar-refractivity contribution in [2.75, 3.05) is 17.2 Å². The Bertz CT molecular complexity index is 962. The molecule has 2 heterocycles. The van der Waals surface area contributed by atoms with Crippen LogP contribution in [-0.2, 0) is 9.67 Å². The first kappa shape index (κ1) is 18.2. The van der Waals surface area contributed by atoms with E-state index in [1.54, 1.807) is 23.1 Å². The number of anilines is 2. The fourth-order valence-electron chi connectivity index (χ4n) is 3.71. The Hall–Kier alpha value is -2.18. The number of amides is 3. The van der Waals surface area contributed by atoms with E-state index in [9.17, 15) is 9.59 Å². The molecule has 0 unspecified atom stereocenters. The molecule has 2 aliphatic heterocycles. The molecule has 5 nitrogen and oxygen atoms in total. The molecule has 1 fully saturated rings. The Kier molecular flexibility index (Phi) is 4.16. The number of thioether (sulfide) groups is 1. The molecule has 1 spiro atoms. The van der Waals surface area contributed by atoms with Crippen molar-refractivity contribution in [1.82, 2.24) is 4.90 Å². The number of fused-ring (bicyclic) bond motifs is 2. The first-order chi connectivity index (χ1) is 12.7. The molecule has 4 rings (SSSR count). The summed E-state index contributed by atoms with van der Waals surface area (Å²) in [5.41, 5.74) is 3.18. The van der Waals surface area contributed by atoms with Crippen LogP contribution in [0.3, 0.4) is 0 Å². The minimum absolute atomic E-state index is 0.213. The van der Waals surface area contributed by atoms with E-state index < -0.39 is 4.87 Å². The van der Waals surface area contributed by atoms with Crippen LogP contribution in [0.25, 0.3) is 0 Å². The van der Waals surface area contributed by atoms with E-state index in [1.807, 2.05) is 45.0 Å². The maximum absolute atomic E-state index is 13.2. The molecule has 2 aliphatic rings. The molecule has 2 aromatic carbocycles. The lowest BCUT2D eigenvalue weighted by atomic mass is 10.0. The molecule has 0 aromatic heterocycles. The van der Waals surface area contributed by atoms with Crippen molar-refractivity contribution in [1.29, 1.82) is 0 Å². The highest BCUT2D eigenvalue weighted by Crippen LogP contribution is 2.58. The van der Waals surface area contributed by atoms with Gasteiger partial charge in [0.2, 0.25) is 0 Å². The minimum Gasteiger partial charge on any atom is -0.323 e. The van der Waals surface area contributed by atoms with Gasteiger partial charge in [0.15, 0.2) is 4.87 Å². The summed E-state index contributed by atoms with van der Waals surface area (Å²) in [5.74, 6) is -0.213. The van der Waals surface area contributed by atoms with Gasteiger partial charge in [0.05, 0.1) is 0 Å². The van der Waals surface area contributed by atoms with Crippen LogP contribution >= 0.6 is 23.4 Å². The van der Waals surface area contributed by atoms with E-state index in [0.717, 1.165) is 11.1 Å². The second-order valence-corrected chi connectivity index (χ2v) is 9.87. The van der Waals surface area contributed by atoms with E-state index in [-0.39, 0.29) is 16.7 Å². The highest BCUT2D eigenvalue weighted by molar-refractivity contribution is 8.02. The van der Waals surface area contributed by atoms with Gasteiger partial charge in [-0.15, -0.1) is 11.8 Å². The fourth-order valence-corrected chi connectivity index (χ4v) is 5.56. The third-order valence-corrected chi connectivity index (χ3v) is 6.60. The van der Waals surface area contributed by atoms with Crippen molar-refractivity contribution in [3.8, 4) is 0 Å². The van der Waals surface area contributed by atoms with Crippen molar-refractivity contribution >= 4 is 46.7 Å². The smallest absolute Gasteiger partial charge is 0.323 e. The lowest BCUT2D eigenvalue weighted by Crippen LogP contribution is -2.49. The Balaban J connectivity index is 1.77. The predicted molar refractivity (Wildman–Crippen MR) is 110 cm³/mol. The van der Waals surface area contributed by atoms with Crippen LogP contribution < -0.4 is 10.6 Å². The second-order valence-electron chi connectivity index (χ2n) is 7.54. The van der Waals surface area contributed by atoms with Crippen LogP contribution in [0.1, 0.15) is 25.0 Å². The summed E-state index contributed by atoms with van der Waals surface area (Å²) in [4.78, 5) is 26.8. The lowest BCUT2D eigenvalue weighted by molar-refractivity contribution is -0.121. The highest BCUT2D eigenvalue weighted by atomic mass is 35.5. The summed E-state index contributed by atoms with van der Waals surface area (Å²) in [6.45, 7) is 6.48. The summed E-state index contributed by atoms with van der Waals surface area (Å²) in [6, 6.07) is 12.6. The first-order valence-electron chi connectivity index (χ1n) is 8.68. The molecule has 27 heavy (non-hydrogen) atoms. The molecule has 0 saturated carbocycles. The number of nitrogens with zero attached hydrogens (tertiary/aromatic N) is 1. The lowest BCUT2D eigenvalue weighted by Gasteiger charge is -2.32. The van der Waals surface area contributed by atoms with Crippen molar-refractivity contribution in [3.05, 3.63) is 58.6 Å². The van der Waals surface area contributed by atoms with Gasteiger partial charge in [-0.05, 0) is 56.7 Å². The number of urea groups is 1. The molecule has 3 amide bonds. The van der Waals surface area contributed by atoms with E-state index >= 15 is 0 Å². The quantitative estimate of drug-likeness (QED) is 0.720. The number of halogens is 1. The third kappa shape index (κ3) is 2.97. The molecule has 7 heteroatoms. The zero-order valence-electron chi connectivity index (χ0n) is 15.3. The number of aryl methyl sites for hydroxylation is 1. The van der Waals surface area contributed by atoms with Gasteiger partial charge in [0, 0.05) is 33.3 Å². The SMILES string of the molecule is Cc1cccc(NC(=O)N2CC(C)(C)S[C@]23C(=O)Nc2ccc(Cl)cc23)c1. The van der Waals surface area contributed by atoms with Gasteiger partial charge in [0.1, 0.15) is 0 Å². The van der Waals surface area contributed by atoms with Crippen molar-refractivity contribution < 1.29 is 9.59 Å². The summed E-state index contributed by atoms with van der Waals surface area (Å²) in [6.07, 6.45) is 0. The number of benzene rings is 2. The maximum Gasteiger partial charge on any atom is 0.323 e. The topological polar surface area (TPSA) is 61.4 Å². The van der Waals surface area contributed by atoms with Crippen LogP contribution in [0.5, 0.6) is 0 Å². The summed E-state index contributed by atoms with van der Waals surface area (Å²) < 4.78 is -0.286. The molecular formula is C20H20ClN3O2S. The predicted octanol–water partition coefficient (Wildman–Crippen LogP) is 4.81. The first-order valence-corrected chi connectivity index (χ1v) is 9.88. The minimum atomic E-state index is -1.13. The van der Waals surface area contributed by atoms with Crippen LogP contribution in [0.2, 0.25) is 5.02 Å². The maximum atomic E-state index is 13.2. The highest BCUT2D eigenvalue weighted by Gasteiger charge is 2.61. The zero-order chi connectivity index (χ0) is 19.4. The van der Waals surface area contributed by atoms with Gasteiger partial charge < -0.3 is 10.6 Å². The van der Waals surface area contributed by atoms with Gasteiger partial charge in [-0.1, -0.05) is 23.7 Å². The van der Waals surface area contributed by atoms with Gasteiger partial charge in [-0.2, -0.15) is 0 Å². The van der Waals surface area contributed by atoms with Crippen molar-refractivity contribution in [2.45, 2.75) is 30.4 Å². The average molecular weight is 402 g/mol. The number of carbonyl (C=O) groups excluding carboxylic acids is 2. The van der Waals surface area contributed by atoms with E-state index in [0.29, 0.717) is 22.9 Å². The molecule has 0 radical (unpaired) electrons.